The SMILES string of the molecule is C=C(C)C(=O)OCC1CO1.C=CC(=O)O.C=CC(=O)OCC. The van der Waals surface area contributed by atoms with Gasteiger partial charge in [-0.2, -0.15) is 0 Å². The van der Waals surface area contributed by atoms with Crippen molar-refractivity contribution in [2.75, 3.05) is 19.8 Å². The Morgan fingerprint density at radius 1 is 1.27 bits per heavy atom. The van der Waals surface area contributed by atoms with Crippen LogP contribution < -0.4 is 0 Å². The Morgan fingerprint density at radius 2 is 1.77 bits per heavy atom. The van der Waals surface area contributed by atoms with Gasteiger partial charge in [0, 0.05) is 17.7 Å². The first-order valence-electron chi connectivity index (χ1n) is 6.37. The summed E-state index contributed by atoms with van der Waals surface area (Å²) in [5.41, 5.74) is 0.431. The van der Waals surface area contributed by atoms with E-state index < -0.39 is 5.97 Å². The standard InChI is InChI=1S/C7H10O3.C5H8O2.C3H4O2/c1-5(2)7(8)10-4-6-3-9-6;1-3-5(6)7-4-2;1-2-3(4)5/h6H,1,3-4H2,2H3;3H,1,4H2,2H3;2H,1H2,(H,4,5). The van der Waals surface area contributed by atoms with Crippen molar-refractivity contribution in [2.24, 2.45) is 0 Å². The Kier molecular flexibility index (Phi) is 13.5. The van der Waals surface area contributed by atoms with E-state index in [1.807, 2.05) is 0 Å². The Labute approximate surface area is 129 Å². The van der Waals surface area contributed by atoms with Crippen molar-refractivity contribution >= 4 is 17.9 Å². The van der Waals surface area contributed by atoms with Gasteiger partial charge in [-0.1, -0.05) is 19.7 Å². The molecule has 0 aromatic carbocycles. The summed E-state index contributed by atoms with van der Waals surface area (Å²) in [6, 6.07) is 0. The summed E-state index contributed by atoms with van der Waals surface area (Å²) in [5.74, 6) is -1.68. The maximum atomic E-state index is 10.7. The molecular formula is C15H22O7. The molecule has 0 radical (unpaired) electrons. The molecule has 0 aliphatic carbocycles. The molecule has 1 aliphatic rings. The summed E-state index contributed by atoms with van der Waals surface area (Å²) in [4.78, 5) is 30.0. The van der Waals surface area contributed by atoms with Crippen LogP contribution in [0.5, 0.6) is 0 Å². The lowest BCUT2D eigenvalue weighted by Crippen LogP contribution is -2.09. The lowest BCUT2D eigenvalue weighted by Gasteiger charge is -1.99. The fourth-order valence-electron chi connectivity index (χ4n) is 0.657. The summed E-state index contributed by atoms with van der Waals surface area (Å²) in [7, 11) is 0. The highest BCUT2D eigenvalue weighted by Gasteiger charge is 2.24. The monoisotopic (exact) mass is 314 g/mol. The van der Waals surface area contributed by atoms with Gasteiger partial charge in [0.2, 0.25) is 0 Å². The van der Waals surface area contributed by atoms with Crippen molar-refractivity contribution in [3.8, 4) is 0 Å². The van der Waals surface area contributed by atoms with E-state index in [9.17, 15) is 14.4 Å². The van der Waals surface area contributed by atoms with Gasteiger partial charge < -0.3 is 19.3 Å². The normalized spacial score (nSPS) is 13.8. The molecule has 0 aromatic heterocycles. The van der Waals surface area contributed by atoms with Gasteiger partial charge in [-0.15, -0.1) is 0 Å². The molecular weight excluding hydrogens is 292 g/mol. The van der Waals surface area contributed by atoms with Crippen molar-refractivity contribution in [3.05, 3.63) is 37.5 Å². The van der Waals surface area contributed by atoms with E-state index in [4.69, 9.17) is 14.6 Å². The van der Waals surface area contributed by atoms with Crippen LogP contribution in [0.15, 0.2) is 37.5 Å². The smallest absolute Gasteiger partial charge is 0.333 e. The molecule has 1 heterocycles. The Bertz CT molecular complexity index is 408. The van der Waals surface area contributed by atoms with Crippen LogP contribution in [0, 0.1) is 0 Å². The molecule has 0 spiro atoms. The highest BCUT2D eigenvalue weighted by molar-refractivity contribution is 5.86. The second kappa shape index (κ2) is 13.6. The molecule has 124 valence electrons. The van der Waals surface area contributed by atoms with Crippen LogP contribution in [0.2, 0.25) is 0 Å². The third-order valence-electron chi connectivity index (χ3n) is 1.78. The number of carbonyl (C=O) groups is 3. The van der Waals surface area contributed by atoms with Crippen molar-refractivity contribution in [2.45, 2.75) is 20.0 Å². The zero-order valence-electron chi connectivity index (χ0n) is 12.9. The molecule has 1 atom stereocenters. The lowest BCUT2D eigenvalue weighted by atomic mass is 10.4. The molecule has 1 rings (SSSR count). The van der Waals surface area contributed by atoms with Crippen molar-refractivity contribution in [1.82, 2.24) is 0 Å². The Morgan fingerprint density at radius 3 is 2.00 bits per heavy atom. The lowest BCUT2D eigenvalue weighted by molar-refractivity contribution is -0.139. The molecule has 1 saturated heterocycles. The average Bonchev–Trinajstić information content (AvgIpc) is 3.30. The third kappa shape index (κ3) is 17.6. The zero-order valence-corrected chi connectivity index (χ0v) is 12.9. The first-order valence-corrected chi connectivity index (χ1v) is 6.37. The number of esters is 2. The van der Waals surface area contributed by atoms with Crippen molar-refractivity contribution < 1.29 is 33.7 Å². The summed E-state index contributed by atoms with van der Waals surface area (Å²) in [5, 5.41) is 7.60. The second-order valence-corrected chi connectivity index (χ2v) is 3.83. The molecule has 1 aliphatic heterocycles. The Balaban J connectivity index is 0. The summed E-state index contributed by atoms with van der Waals surface area (Å²) in [6.45, 7) is 14.5. The molecule has 22 heavy (non-hydrogen) atoms. The van der Waals surface area contributed by atoms with Crippen LogP contribution in [-0.4, -0.2) is 48.9 Å². The number of rotatable bonds is 6. The predicted molar refractivity (Wildman–Crippen MR) is 80.2 cm³/mol. The van der Waals surface area contributed by atoms with Crippen LogP contribution in [-0.2, 0) is 28.6 Å². The van der Waals surface area contributed by atoms with E-state index in [2.05, 4.69) is 24.5 Å². The first kappa shape index (κ1) is 21.9. The van der Waals surface area contributed by atoms with Gasteiger partial charge in [-0.3, -0.25) is 0 Å². The van der Waals surface area contributed by atoms with Gasteiger partial charge in [-0.25, -0.2) is 14.4 Å². The minimum atomic E-state index is -0.981. The fourth-order valence-corrected chi connectivity index (χ4v) is 0.657. The van der Waals surface area contributed by atoms with Gasteiger partial charge in [0.15, 0.2) is 0 Å². The summed E-state index contributed by atoms with van der Waals surface area (Å²) in [6.07, 6.45) is 2.12. The summed E-state index contributed by atoms with van der Waals surface area (Å²) < 4.78 is 14.0. The van der Waals surface area contributed by atoms with E-state index in [0.717, 1.165) is 12.2 Å². The van der Waals surface area contributed by atoms with Crippen LogP contribution >= 0.6 is 0 Å². The number of epoxide rings is 1. The fraction of sp³-hybridized carbons (Fsp3) is 0.400. The van der Waals surface area contributed by atoms with E-state index in [0.29, 0.717) is 25.4 Å². The summed E-state index contributed by atoms with van der Waals surface area (Å²) >= 11 is 0. The first-order chi connectivity index (χ1) is 10.3. The quantitative estimate of drug-likeness (QED) is 0.450. The topological polar surface area (TPSA) is 102 Å². The number of carboxylic acid groups (broad SMARTS) is 1. The molecule has 1 N–H and O–H groups in total. The van der Waals surface area contributed by atoms with E-state index in [1.54, 1.807) is 13.8 Å². The van der Waals surface area contributed by atoms with Crippen LogP contribution in [0.1, 0.15) is 13.8 Å². The highest BCUT2D eigenvalue weighted by Crippen LogP contribution is 2.09. The number of aliphatic carboxylic acids is 1. The van der Waals surface area contributed by atoms with Gasteiger partial charge in [-0.05, 0) is 13.8 Å². The number of carboxylic acids is 1. The second-order valence-electron chi connectivity index (χ2n) is 3.83. The molecule has 1 unspecified atom stereocenters. The minimum absolute atomic E-state index is 0.142. The largest absolute Gasteiger partial charge is 0.478 e. The number of hydrogen-bond acceptors (Lipinski definition) is 6. The van der Waals surface area contributed by atoms with Gasteiger partial charge in [0.05, 0.1) is 13.2 Å². The van der Waals surface area contributed by atoms with Crippen LogP contribution in [0.4, 0.5) is 0 Å². The molecule has 0 amide bonds. The van der Waals surface area contributed by atoms with E-state index >= 15 is 0 Å². The zero-order chi connectivity index (χ0) is 17.5. The van der Waals surface area contributed by atoms with Crippen LogP contribution in [0.3, 0.4) is 0 Å². The molecule has 0 saturated carbocycles. The van der Waals surface area contributed by atoms with E-state index in [-0.39, 0.29) is 18.0 Å². The third-order valence-corrected chi connectivity index (χ3v) is 1.78. The molecule has 1 fully saturated rings. The van der Waals surface area contributed by atoms with Gasteiger partial charge in [0.25, 0.3) is 0 Å². The number of carbonyl (C=O) groups excluding carboxylic acids is 2. The minimum Gasteiger partial charge on any atom is -0.478 e. The molecule has 0 bridgehead atoms. The maximum absolute atomic E-state index is 10.7. The molecule has 7 heteroatoms. The maximum Gasteiger partial charge on any atom is 0.333 e. The Hall–Kier alpha value is -2.41. The number of hydrogen-bond donors (Lipinski definition) is 1. The van der Waals surface area contributed by atoms with Crippen molar-refractivity contribution in [1.29, 1.82) is 0 Å². The van der Waals surface area contributed by atoms with Crippen LogP contribution in [0.25, 0.3) is 0 Å². The predicted octanol–water partition coefficient (Wildman–Crippen LogP) is 1.50. The molecule has 7 nitrogen and oxygen atoms in total. The van der Waals surface area contributed by atoms with E-state index in [1.165, 1.54) is 0 Å². The average molecular weight is 314 g/mol. The van der Waals surface area contributed by atoms with Gasteiger partial charge in [0.1, 0.15) is 12.7 Å². The van der Waals surface area contributed by atoms with Gasteiger partial charge >= 0.3 is 17.9 Å². The number of ether oxygens (including phenoxy) is 3. The van der Waals surface area contributed by atoms with Crippen molar-refractivity contribution in [3.63, 3.8) is 0 Å². The highest BCUT2D eigenvalue weighted by atomic mass is 16.6. The molecule has 0 aromatic rings.